The second-order valence-corrected chi connectivity index (χ2v) is 3.82. The van der Waals surface area contributed by atoms with Crippen LogP contribution in [0.5, 0.6) is 0 Å². The fraction of sp³-hybridized carbons (Fsp3) is 0.800. The van der Waals surface area contributed by atoms with Crippen LogP contribution in [0.2, 0.25) is 0 Å². The number of hydrogen-bond acceptors (Lipinski definition) is 4. The number of nitrogens with two attached hydrogens (primary N) is 1. The monoisotopic (exact) mass is 230 g/mol. The Bertz CT molecular complexity index is 233. The highest BCUT2D eigenvalue weighted by atomic mass is 16.2. The Morgan fingerprint density at radius 2 is 2.00 bits per heavy atom. The molecule has 0 saturated carbocycles. The lowest BCUT2D eigenvalue weighted by molar-refractivity contribution is -0.122. The fourth-order valence-electron chi connectivity index (χ4n) is 1.27. The summed E-state index contributed by atoms with van der Waals surface area (Å²) >= 11 is 0. The first-order chi connectivity index (χ1) is 7.51. The van der Waals surface area contributed by atoms with Gasteiger partial charge in [-0.05, 0) is 27.3 Å². The van der Waals surface area contributed by atoms with Gasteiger partial charge in [0.2, 0.25) is 11.8 Å². The molecule has 0 rings (SSSR count). The first kappa shape index (κ1) is 14.9. The molecule has 0 aliphatic carbocycles. The Morgan fingerprint density at radius 1 is 1.38 bits per heavy atom. The smallest absolute Gasteiger partial charge is 0.234 e. The first-order valence-corrected chi connectivity index (χ1v) is 5.47. The number of amides is 2. The van der Waals surface area contributed by atoms with Gasteiger partial charge in [0.15, 0.2) is 0 Å². The van der Waals surface area contributed by atoms with E-state index in [4.69, 9.17) is 5.84 Å². The molecule has 6 heteroatoms. The molecule has 2 amide bonds. The summed E-state index contributed by atoms with van der Waals surface area (Å²) in [5.74, 6) is 4.80. The van der Waals surface area contributed by atoms with Crippen LogP contribution in [0.1, 0.15) is 26.7 Å². The van der Waals surface area contributed by atoms with Gasteiger partial charge in [-0.25, -0.2) is 5.84 Å². The summed E-state index contributed by atoms with van der Waals surface area (Å²) in [6.07, 6.45) is 1.05. The molecule has 0 spiro atoms. The molecule has 16 heavy (non-hydrogen) atoms. The van der Waals surface area contributed by atoms with Gasteiger partial charge >= 0.3 is 0 Å². The Morgan fingerprint density at radius 3 is 2.50 bits per heavy atom. The molecule has 0 aliphatic rings. The lowest BCUT2D eigenvalue weighted by Gasteiger charge is -2.23. The molecule has 0 heterocycles. The van der Waals surface area contributed by atoms with E-state index in [1.54, 1.807) is 0 Å². The molecule has 94 valence electrons. The summed E-state index contributed by atoms with van der Waals surface area (Å²) in [6, 6.07) is 0.167. The topological polar surface area (TPSA) is 87.5 Å². The van der Waals surface area contributed by atoms with Crippen LogP contribution in [0.4, 0.5) is 0 Å². The zero-order chi connectivity index (χ0) is 12.6. The minimum absolute atomic E-state index is 0.000117. The summed E-state index contributed by atoms with van der Waals surface area (Å²) < 4.78 is 0. The first-order valence-electron chi connectivity index (χ1n) is 5.47. The molecular formula is C10H22N4O2. The Kier molecular flexibility index (Phi) is 7.49. The van der Waals surface area contributed by atoms with Crippen LogP contribution in [-0.2, 0) is 9.59 Å². The summed E-state index contributed by atoms with van der Waals surface area (Å²) in [6.45, 7) is 4.84. The zero-order valence-corrected chi connectivity index (χ0v) is 10.2. The maximum Gasteiger partial charge on any atom is 0.234 e. The molecule has 0 aromatic rings. The molecule has 4 N–H and O–H groups in total. The van der Waals surface area contributed by atoms with Gasteiger partial charge < -0.3 is 5.32 Å². The van der Waals surface area contributed by atoms with Gasteiger partial charge in [-0.1, -0.05) is 0 Å². The maximum atomic E-state index is 11.3. The summed E-state index contributed by atoms with van der Waals surface area (Å²) in [4.78, 5) is 24.1. The second kappa shape index (κ2) is 8.06. The van der Waals surface area contributed by atoms with Crippen molar-refractivity contribution >= 4 is 11.8 Å². The van der Waals surface area contributed by atoms with E-state index in [2.05, 4.69) is 10.7 Å². The van der Waals surface area contributed by atoms with Gasteiger partial charge in [-0.15, -0.1) is 0 Å². The predicted molar refractivity (Wildman–Crippen MR) is 62.3 cm³/mol. The van der Waals surface area contributed by atoms with Crippen molar-refractivity contribution in [1.82, 2.24) is 15.6 Å². The van der Waals surface area contributed by atoms with E-state index in [1.165, 1.54) is 0 Å². The highest BCUT2D eigenvalue weighted by Gasteiger charge is 2.13. The molecule has 0 aromatic heterocycles. The summed E-state index contributed by atoms with van der Waals surface area (Å²) in [5.41, 5.74) is 2.08. The third-order valence-electron chi connectivity index (χ3n) is 2.47. The number of nitrogens with zero attached hydrogens (tertiary/aromatic N) is 1. The van der Waals surface area contributed by atoms with E-state index < -0.39 is 0 Å². The van der Waals surface area contributed by atoms with Gasteiger partial charge in [0, 0.05) is 19.0 Å². The van der Waals surface area contributed by atoms with Crippen LogP contribution >= 0.6 is 0 Å². The summed E-state index contributed by atoms with van der Waals surface area (Å²) in [5, 5.41) is 2.73. The average molecular weight is 230 g/mol. The van der Waals surface area contributed by atoms with Crippen molar-refractivity contribution in [3.8, 4) is 0 Å². The van der Waals surface area contributed by atoms with Crippen LogP contribution in [-0.4, -0.2) is 42.9 Å². The van der Waals surface area contributed by atoms with E-state index in [0.717, 1.165) is 0 Å². The number of hydrazine groups is 1. The molecular weight excluding hydrogens is 208 g/mol. The number of carbonyl (C=O) groups excluding carboxylic acids is 2. The van der Waals surface area contributed by atoms with Gasteiger partial charge in [0.1, 0.15) is 0 Å². The normalized spacial score (nSPS) is 12.3. The van der Waals surface area contributed by atoms with Crippen LogP contribution in [0.15, 0.2) is 0 Å². The highest BCUT2D eigenvalue weighted by Crippen LogP contribution is 2.03. The molecule has 0 fully saturated rings. The van der Waals surface area contributed by atoms with Gasteiger partial charge in [-0.3, -0.25) is 19.9 Å². The van der Waals surface area contributed by atoms with Gasteiger partial charge in [0.25, 0.3) is 0 Å². The van der Waals surface area contributed by atoms with Gasteiger partial charge in [-0.2, -0.15) is 0 Å². The molecule has 0 aromatic carbocycles. The number of likely N-dealkylation sites (N-methyl/N-ethyl adjacent to an activating group) is 2. The van der Waals surface area contributed by atoms with E-state index in [9.17, 15) is 9.59 Å². The molecule has 0 radical (unpaired) electrons. The fourth-order valence-corrected chi connectivity index (χ4v) is 1.27. The van der Waals surface area contributed by atoms with Crippen molar-refractivity contribution in [2.75, 3.05) is 20.1 Å². The van der Waals surface area contributed by atoms with Crippen LogP contribution in [0.3, 0.4) is 0 Å². The SMILES string of the molecule is CCNC(=O)CN(C)C(C)CCC(=O)NN. The Balaban J connectivity index is 3.84. The van der Waals surface area contributed by atoms with Crippen molar-refractivity contribution in [2.45, 2.75) is 32.7 Å². The van der Waals surface area contributed by atoms with Crippen molar-refractivity contribution in [1.29, 1.82) is 0 Å². The minimum Gasteiger partial charge on any atom is -0.355 e. The largest absolute Gasteiger partial charge is 0.355 e. The molecule has 1 unspecified atom stereocenters. The number of nitrogens with one attached hydrogen (secondary N) is 2. The third-order valence-corrected chi connectivity index (χ3v) is 2.47. The standard InChI is InChI=1S/C10H22N4O2/c1-4-12-10(16)7-14(3)8(2)5-6-9(15)13-11/h8H,4-7,11H2,1-3H3,(H,12,16)(H,13,15). The average Bonchev–Trinajstić information content (AvgIpc) is 2.25. The number of hydrogen-bond donors (Lipinski definition) is 3. The van der Waals surface area contributed by atoms with Crippen LogP contribution in [0, 0.1) is 0 Å². The molecule has 6 nitrogen and oxygen atoms in total. The summed E-state index contributed by atoms with van der Waals surface area (Å²) in [7, 11) is 1.86. The van der Waals surface area contributed by atoms with Crippen molar-refractivity contribution in [2.24, 2.45) is 5.84 Å². The second-order valence-electron chi connectivity index (χ2n) is 3.82. The lowest BCUT2D eigenvalue weighted by Crippen LogP contribution is -2.40. The molecule has 1 atom stereocenters. The highest BCUT2D eigenvalue weighted by molar-refractivity contribution is 5.78. The van der Waals surface area contributed by atoms with E-state index >= 15 is 0 Å². The Labute approximate surface area is 96.5 Å². The van der Waals surface area contributed by atoms with E-state index in [1.807, 2.05) is 25.8 Å². The van der Waals surface area contributed by atoms with Crippen LogP contribution in [0.25, 0.3) is 0 Å². The number of rotatable bonds is 7. The maximum absolute atomic E-state index is 11.3. The third kappa shape index (κ3) is 6.36. The van der Waals surface area contributed by atoms with E-state index in [-0.39, 0.29) is 17.9 Å². The molecule has 0 bridgehead atoms. The van der Waals surface area contributed by atoms with Crippen molar-refractivity contribution < 1.29 is 9.59 Å². The minimum atomic E-state index is -0.182. The Hall–Kier alpha value is -1.14. The van der Waals surface area contributed by atoms with E-state index in [0.29, 0.717) is 25.9 Å². The van der Waals surface area contributed by atoms with Crippen molar-refractivity contribution in [3.05, 3.63) is 0 Å². The van der Waals surface area contributed by atoms with Crippen molar-refractivity contribution in [3.63, 3.8) is 0 Å². The van der Waals surface area contributed by atoms with Crippen LogP contribution < -0.4 is 16.6 Å². The zero-order valence-electron chi connectivity index (χ0n) is 10.2. The predicted octanol–water partition coefficient (Wildman–Crippen LogP) is -0.787. The molecule has 0 aliphatic heterocycles. The quantitative estimate of drug-likeness (QED) is 0.304. The molecule has 0 saturated heterocycles. The number of carbonyl (C=O) groups is 2. The lowest BCUT2D eigenvalue weighted by atomic mass is 10.1. The van der Waals surface area contributed by atoms with Gasteiger partial charge in [0.05, 0.1) is 6.54 Å².